The standard InChI is InChI=1S/C11H13NO3/c13-6-8-5-9-7(4-11(14)15)2-1-3-10(9)12-8/h1-3,5,9-10,12-13H,4,6H2,(H,14,15). The molecule has 2 rings (SSSR count). The van der Waals surface area contributed by atoms with Gasteiger partial charge in [-0.1, -0.05) is 24.3 Å². The zero-order valence-electron chi connectivity index (χ0n) is 8.18. The number of carboxylic acid groups (broad SMARTS) is 1. The van der Waals surface area contributed by atoms with Gasteiger partial charge in [0.2, 0.25) is 0 Å². The molecular weight excluding hydrogens is 194 g/mol. The van der Waals surface area contributed by atoms with Crippen LogP contribution in [-0.2, 0) is 4.79 Å². The molecule has 15 heavy (non-hydrogen) atoms. The summed E-state index contributed by atoms with van der Waals surface area (Å²) in [4.78, 5) is 10.7. The van der Waals surface area contributed by atoms with Gasteiger partial charge in [0.05, 0.1) is 19.1 Å². The number of aliphatic hydroxyl groups excluding tert-OH is 1. The number of aliphatic carboxylic acids is 1. The molecule has 0 aromatic heterocycles. The van der Waals surface area contributed by atoms with Crippen molar-refractivity contribution in [3.63, 3.8) is 0 Å². The summed E-state index contributed by atoms with van der Waals surface area (Å²) in [7, 11) is 0. The second kappa shape index (κ2) is 3.90. The van der Waals surface area contributed by atoms with Crippen molar-refractivity contribution < 1.29 is 15.0 Å². The highest BCUT2D eigenvalue weighted by Crippen LogP contribution is 2.30. The van der Waals surface area contributed by atoms with Gasteiger partial charge in [0, 0.05) is 11.6 Å². The number of allylic oxidation sites excluding steroid dienone is 2. The lowest BCUT2D eigenvalue weighted by Gasteiger charge is -2.21. The van der Waals surface area contributed by atoms with E-state index in [-0.39, 0.29) is 25.0 Å². The van der Waals surface area contributed by atoms with E-state index in [9.17, 15) is 4.79 Å². The molecule has 0 amide bonds. The number of rotatable bonds is 3. The minimum atomic E-state index is -0.818. The molecule has 80 valence electrons. The number of carboxylic acids is 1. The summed E-state index contributed by atoms with van der Waals surface area (Å²) in [6.07, 6.45) is 7.65. The lowest BCUT2D eigenvalue weighted by atomic mass is 9.87. The molecule has 0 radical (unpaired) electrons. The van der Waals surface area contributed by atoms with Crippen LogP contribution in [0.25, 0.3) is 0 Å². The van der Waals surface area contributed by atoms with Crippen molar-refractivity contribution in [2.75, 3.05) is 6.61 Å². The van der Waals surface area contributed by atoms with Crippen molar-refractivity contribution in [1.82, 2.24) is 5.32 Å². The Hall–Kier alpha value is -1.55. The zero-order valence-corrected chi connectivity index (χ0v) is 8.18. The Balaban J connectivity index is 2.18. The van der Waals surface area contributed by atoms with Gasteiger partial charge in [-0.05, 0) is 5.57 Å². The van der Waals surface area contributed by atoms with Gasteiger partial charge in [-0.2, -0.15) is 0 Å². The molecule has 0 aromatic carbocycles. The fraction of sp³-hybridized carbons (Fsp3) is 0.364. The second-order valence-electron chi connectivity index (χ2n) is 3.74. The van der Waals surface area contributed by atoms with Crippen LogP contribution in [0.15, 0.2) is 35.6 Å². The normalized spacial score (nSPS) is 27.8. The molecule has 0 saturated heterocycles. The van der Waals surface area contributed by atoms with Crippen LogP contribution in [0.2, 0.25) is 0 Å². The summed E-state index contributed by atoms with van der Waals surface area (Å²) < 4.78 is 0. The van der Waals surface area contributed by atoms with Crippen LogP contribution in [0.4, 0.5) is 0 Å². The van der Waals surface area contributed by atoms with Gasteiger partial charge in [0.25, 0.3) is 0 Å². The summed E-state index contributed by atoms with van der Waals surface area (Å²) >= 11 is 0. The Bertz CT molecular complexity index is 368. The summed E-state index contributed by atoms with van der Waals surface area (Å²) in [6, 6.07) is 0.103. The van der Waals surface area contributed by atoms with Crippen molar-refractivity contribution in [2.24, 2.45) is 5.92 Å². The maximum atomic E-state index is 10.7. The van der Waals surface area contributed by atoms with E-state index < -0.39 is 5.97 Å². The molecule has 2 aliphatic rings. The van der Waals surface area contributed by atoms with Gasteiger partial charge >= 0.3 is 5.97 Å². The predicted octanol–water partition coefficient (Wildman–Crippen LogP) is 0.422. The van der Waals surface area contributed by atoms with Crippen LogP contribution in [0, 0.1) is 5.92 Å². The zero-order chi connectivity index (χ0) is 10.8. The van der Waals surface area contributed by atoms with Gasteiger partial charge in [-0.3, -0.25) is 4.79 Å². The van der Waals surface area contributed by atoms with Gasteiger partial charge < -0.3 is 15.5 Å². The lowest BCUT2D eigenvalue weighted by molar-refractivity contribution is -0.136. The average Bonchev–Trinajstić information content (AvgIpc) is 2.61. The fourth-order valence-corrected chi connectivity index (χ4v) is 2.04. The number of nitrogens with one attached hydrogen (secondary N) is 1. The number of hydrogen-bond donors (Lipinski definition) is 3. The molecule has 0 spiro atoms. The van der Waals surface area contributed by atoms with Gasteiger partial charge in [-0.15, -0.1) is 0 Å². The van der Waals surface area contributed by atoms with Crippen LogP contribution in [-0.4, -0.2) is 28.8 Å². The van der Waals surface area contributed by atoms with E-state index in [0.29, 0.717) is 0 Å². The quantitative estimate of drug-likeness (QED) is 0.627. The van der Waals surface area contributed by atoms with Crippen molar-refractivity contribution >= 4 is 5.97 Å². The molecule has 0 bridgehead atoms. The topological polar surface area (TPSA) is 69.6 Å². The lowest BCUT2D eigenvalue weighted by Crippen LogP contribution is -2.29. The van der Waals surface area contributed by atoms with E-state index in [1.807, 2.05) is 24.3 Å². The molecule has 2 atom stereocenters. The van der Waals surface area contributed by atoms with Crippen LogP contribution in [0.3, 0.4) is 0 Å². The molecule has 2 unspecified atom stereocenters. The molecule has 4 nitrogen and oxygen atoms in total. The maximum Gasteiger partial charge on any atom is 0.307 e. The monoisotopic (exact) mass is 207 g/mol. The van der Waals surface area contributed by atoms with Crippen molar-refractivity contribution in [3.8, 4) is 0 Å². The molecule has 0 saturated carbocycles. The van der Waals surface area contributed by atoms with Crippen LogP contribution in [0.1, 0.15) is 6.42 Å². The van der Waals surface area contributed by atoms with E-state index in [2.05, 4.69) is 5.32 Å². The van der Waals surface area contributed by atoms with Crippen LogP contribution in [0.5, 0.6) is 0 Å². The predicted molar refractivity (Wildman–Crippen MR) is 55.1 cm³/mol. The van der Waals surface area contributed by atoms with Gasteiger partial charge in [-0.25, -0.2) is 0 Å². The van der Waals surface area contributed by atoms with Crippen molar-refractivity contribution in [2.45, 2.75) is 12.5 Å². The minimum Gasteiger partial charge on any atom is -0.481 e. The third kappa shape index (κ3) is 1.94. The summed E-state index contributed by atoms with van der Waals surface area (Å²) in [5.74, 6) is -0.741. The first-order chi connectivity index (χ1) is 7.20. The number of fused-ring (bicyclic) bond motifs is 1. The van der Waals surface area contributed by atoms with E-state index in [4.69, 9.17) is 10.2 Å². The molecule has 1 heterocycles. The highest BCUT2D eigenvalue weighted by atomic mass is 16.4. The van der Waals surface area contributed by atoms with E-state index in [1.165, 1.54) is 0 Å². The highest BCUT2D eigenvalue weighted by Gasteiger charge is 2.29. The van der Waals surface area contributed by atoms with Crippen LogP contribution >= 0.6 is 0 Å². The van der Waals surface area contributed by atoms with E-state index >= 15 is 0 Å². The molecule has 0 aromatic rings. The Morgan fingerprint density at radius 1 is 1.53 bits per heavy atom. The summed E-state index contributed by atoms with van der Waals surface area (Å²) in [5, 5.41) is 20.9. The minimum absolute atomic E-state index is 0.0266. The van der Waals surface area contributed by atoms with E-state index in [1.54, 1.807) is 0 Å². The summed E-state index contributed by atoms with van der Waals surface area (Å²) in [5.41, 5.74) is 1.65. The third-order valence-electron chi connectivity index (χ3n) is 2.70. The average molecular weight is 207 g/mol. The smallest absolute Gasteiger partial charge is 0.307 e. The first kappa shape index (κ1) is 9.98. The molecule has 4 heteroatoms. The first-order valence-corrected chi connectivity index (χ1v) is 4.88. The van der Waals surface area contributed by atoms with Crippen LogP contribution < -0.4 is 5.32 Å². The number of hydrogen-bond acceptors (Lipinski definition) is 3. The second-order valence-corrected chi connectivity index (χ2v) is 3.74. The Kier molecular flexibility index (Phi) is 2.60. The summed E-state index contributed by atoms with van der Waals surface area (Å²) in [6.45, 7) is -0.0266. The molecule has 1 aliphatic heterocycles. The molecular formula is C11H13NO3. The molecule has 1 aliphatic carbocycles. The van der Waals surface area contributed by atoms with Gasteiger partial charge in [0.1, 0.15) is 0 Å². The van der Waals surface area contributed by atoms with E-state index in [0.717, 1.165) is 11.3 Å². The Morgan fingerprint density at radius 2 is 2.33 bits per heavy atom. The number of aliphatic hydroxyl groups is 1. The fourth-order valence-electron chi connectivity index (χ4n) is 2.04. The highest BCUT2D eigenvalue weighted by molar-refractivity contribution is 5.71. The van der Waals surface area contributed by atoms with Crippen molar-refractivity contribution in [3.05, 3.63) is 35.6 Å². The Labute approximate surface area is 87.6 Å². The van der Waals surface area contributed by atoms with Crippen molar-refractivity contribution in [1.29, 1.82) is 0 Å². The Morgan fingerprint density at radius 3 is 3.00 bits per heavy atom. The first-order valence-electron chi connectivity index (χ1n) is 4.88. The maximum absolute atomic E-state index is 10.7. The molecule has 0 fully saturated rings. The molecule has 3 N–H and O–H groups in total. The third-order valence-corrected chi connectivity index (χ3v) is 2.70. The largest absolute Gasteiger partial charge is 0.481 e. The number of carbonyl (C=O) groups is 1. The SMILES string of the molecule is O=C(O)CC1=CC=CC2NC(CO)=CC12. The van der Waals surface area contributed by atoms with Gasteiger partial charge in [0.15, 0.2) is 0 Å².